The van der Waals surface area contributed by atoms with Crippen molar-refractivity contribution in [3.05, 3.63) is 85.6 Å². The second-order valence-electron chi connectivity index (χ2n) is 7.77. The molecule has 0 aliphatic carbocycles. The largest absolute Gasteiger partial charge is 0.318 e. The van der Waals surface area contributed by atoms with Crippen LogP contribution in [0.3, 0.4) is 0 Å². The standard InChI is InChI=1S/C25H20BrCl2N3O2S/c1-4-29-23(32)20(24(33)31(25(29)34)18-7-5-17(27)6-8-18)12-16-11-14(2)30(15(16)3)19-9-10-21(26)22(28)13-19/h5-13H,4H2,1-3H3/b20-12+. The van der Waals surface area contributed by atoms with E-state index >= 15 is 0 Å². The summed E-state index contributed by atoms with van der Waals surface area (Å²) in [6.07, 6.45) is 1.64. The van der Waals surface area contributed by atoms with Crippen molar-refractivity contribution in [2.45, 2.75) is 20.8 Å². The van der Waals surface area contributed by atoms with Crippen molar-refractivity contribution < 1.29 is 9.59 Å². The van der Waals surface area contributed by atoms with E-state index in [9.17, 15) is 9.59 Å². The lowest BCUT2D eigenvalue weighted by atomic mass is 10.1. The van der Waals surface area contributed by atoms with Crippen LogP contribution in [0.25, 0.3) is 11.8 Å². The molecule has 0 N–H and O–H groups in total. The number of nitrogens with zero attached hydrogens (tertiary/aromatic N) is 3. The number of likely N-dealkylation sites (N-methyl/N-ethyl adjacent to an activating group) is 1. The van der Waals surface area contributed by atoms with E-state index < -0.39 is 11.8 Å². The Labute approximate surface area is 221 Å². The van der Waals surface area contributed by atoms with E-state index in [-0.39, 0.29) is 10.7 Å². The molecule has 0 unspecified atom stereocenters. The molecule has 9 heteroatoms. The molecule has 5 nitrogen and oxygen atoms in total. The molecule has 4 rings (SSSR count). The maximum Gasteiger partial charge on any atom is 0.270 e. The first-order chi connectivity index (χ1) is 16.1. The van der Waals surface area contributed by atoms with Crippen molar-refractivity contribution in [1.82, 2.24) is 9.47 Å². The van der Waals surface area contributed by atoms with Crippen LogP contribution in [0.5, 0.6) is 0 Å². The molecule has 2 amide bonds. The van der Waals surface area contributed by atoms with E-state index in [1.165, 1.54) is 9.80 Å². The number of amides is 2. The number of carbonyl (C=O) groups excluding carboxylic acids is 2. The highest BCUT2D eigenvalue weighted by molar-refractivity contribution is 9.10. The molecule has 2 heterocycles. The Morgan fingerprint density at radius 1 is 0.971 bits per heavy atom. The number of carbonyl (C=O) groups is 2. The molecule has 3 aromatic rings. The zero-order chi connectivity index (χ0) is 24.7. The molecule has 0 atom stereocenters. The van der Waals surface area contributed by atoms with Crippen molar-refractivity contribution in [2.75, 3.05) is 11.4 Å². The van der Waals surface area contributed by atoms with E-state index in [1.54, 1.807) is 30.3 Å². The average Bonchev–Trinajstić information content (AvgIpc) is 3.07. The van der Waals surface area contributed by atoms with Gasteiger partial charge in [0, 0.05) is 33.1 Å². The summed E-state index contributed by atoms with van der Waals surface area (Å²) in [6, 6.07) is 14.4. The fourth-order valence-electron chi connectivity index (χ4n) is 3.98. The number of anilines is 1. The predicted molar refractivity (Wildman–Crippen MR) is 145 cm³/mol. The summed E-state index contributed by atoms with van der Waals surface area (Å²) in [5.41, 5.74) is 4.04. The SMILES string of the molecule is CCN1C(=O)/C(=C\c2cc(C)n(-c3ccc(Br)c(Cl)c3)c2C)C(=O)N(c2ccc(Cl)cc2)C1=S. The fourth-order valence-corrected chi connectivity index (χ4v) is 4.93. The minimum atomic E-state index is -0.474. The topological polar surface area (TPSA) is 45.6 Å². The first-order valence-corrected chi connectivity index (χ1v) is 12.4. The van der Waals surface area contributed by atoms with Gasteiger partial charge >= 0.3 is 0 Å². The number of rotatable bonds is 4. The summed E-state index contributed by atoms with van der Waals surface area (Å²) >= 11 is 21.2. The van der Waals surface area contributed by atoms with Gasteiger partial charge in [0.05, 0.1) is 10.7 Å². The van der Waals surface area contributed by atoms with Crippen LogP contribution < -0.4 is 4.90 Å². The quantitative estimate of drug-likeness (QED) is 0.196. The fraction of sp³-hybridized carbons (Fsp3) is 0.160. The number of benzene rings is 2. The average molecular weight is 577 g/mol. The van der Waals surface area contributed by atoms with Gasteiger partial charge in [-0.25, -0.2) is 0 Å². The molecule has 2 aromatic carbocycles. The predicted octanol–water partition coefficient (Wildman–Crippen LogP) is 6.73. The van der Waals surface area contributed by atoms with E-state index in [1.807, 2.05) is 49.6 Å². The summed E-state index contributed by atoms with van der Waals surface area (Å²) in [5, 5.41) is 1.28. The molecule has 1 aliphatic rings. The van der Waals surface area contributed by atoms with Gasteiger partial charge in [0.25, 0.3) is 11.8 Å². The number of thiocarbonyl (C=S) groups is 1. The summed E-state index contributed by atoms with van der Waals surface area (Å²) in [6.45, 7) is 6.05. The lowest BCUT2D eigenvalue weighted by Gasteiger charge is -2.36. The van der Waals surface area contributed by atoms with Gasteiger partial charge in [-0.2, -0.15) is 0 Å². The Balaban J connectivity index is 1.81. The molecule has 1 fully saturated rings. The maximum atomic E-state index is 13.5. The Hall–Kier alpha value is -2.45. The maximum absolute atomic E-state index is 13.5. The molecule has 0 radical (unpaired) electrons. The molecular formula is C25H20BrCl2N3O2S. The Morgan fingerprint density at radius 2 is 1.62 bits per heavy atom. The van der Waals surface area contributed by atoms with Crippen molar-refractivity contribution >= 4 is 80.0 Å². The van der Waals surface area contributed by atoms with E-state index in [4.69, 9.17) is 35.4 Å². The van der Waals surface area contributed by atoms with Crippen LogP contribution in [0.1, 0.15) is 23.9 Å². The van der Waals surface area contributed by atoms with Gasteiger partial charge in [-0.15, -0.1) is 0 Å². The van der Waals surface area contributed by atoms with Gasteiger partial charge in [0.15, 0.2) is 5.11 Å². The van der Waals surface area contributed by atoms with Crippen LogP contribution in [0, 0.1) is 13.8 Å². The van der Waals surface area contributed by atoms with Crippen LogP contribution in [0.15, 0.2) is 58.6 Å². The van der Waals surface area contributed by atoms with Crippen LogP contribution in [0.4, 0.5) is 5.69 Å². The highest BCUT2D eigenvalue weighted by atomic mass is 79.9. The summed E-state index contributed by atoms with van der Waals surface area (Å²) < 4.78 is 2.83. The van der Waals surface area contributed by atoms with Crippen molar-refractivity contribution in [1.29, 1.82) is 0 Å². The van der Waals surface area contributed by atoms with Gasteiger partial charge in [0.1, 0.15) is 5.57 Å². The van der Waals surface area contributed by atoms with E-state index in [0.29, 0.717) is 22.3 Å². The third kappa shape index (κ3) is 4.33. The summed E-state index contributed by atoms with van der Waals surface area (Å²) in [4.78, 5) is 29.5. The summed E-state index contributed by atoms with van der Waals surface area (Å²) in [5.74, 6) is -0.891. The molecule has 0 spiro atoms. The van der Waals surface area contributed by atoms with Crippen molar-refractivity contribution in [2.24, 2.45) is 0 Å². The number of aryl methyl sites for hydroxylation is 1. The second kappa shape index (κ2) is 9.66. The van der Waals surface area contributed by atoms with Gasteiger partial charge in [-0.05, 0) is 109 Å². The van der Waals surface area contributed by atoms with Crippen LogP contribution >= 0.6 is 51.3 Å². The number of halogens is 3. The number of hydrogen-bond donors (Lipinski definition) is 0. The van der Waals surface area contributed by atoms with Crippen molar-refractivity contribution in [3.63, 3.8) is 0 Å². The highest BCUT2D eigenvalue weighted by Crippen LogP contribution is 2.31. The first-order valence-electron chi connectivity index (χ1n) is 10.5. The van der Waals surface area contributed by atoms with Crippen LogP contribution in [-0.4, -0.2) is 32.9 Å². The molecular weight excluding hydrogens is 557 g/mol. The Morgan fingerprint density at radius 3 is 2.24 bits per heavy atom. The minimum absolute atomic E-state index is 0.0412. The summed E-state index contributed by atoms with van der Waals surface area (Å²) in [7, 11) is 0. The number of hydrogen-bond acceptors (Lipinski definition) is 3. The third-order valence-corrected chi connectivity index (χ3v) is 7.55. The van der Waals surface area contributed by atoms with Crippen LogP contribution in [0.2, 0.25) is 10.0 Å². The Kier molecular flexibility index (Phi) is 7.01. The number of aromatic nitrogens is 1. The zero-order valence-electron chi connectivity index (χ0n) is 18.6. The van der Waals surface area contributed by atoms with Crippen molar-refractivity contribution in [3.8, 4) is 5.69 Å². The van der Waals surface area contributed by atoms with Crippen LogP contribution in [-0.2, 0) is 9.59 Å². The minimum Gasteiger partial charge on any atom is -0.318 e. The molecule has 1 aromatic heterocycles. The highest BCUT2D eigenvalue weighted by Gasteiger charge is 2.39. The normalized spacial score (nSPS) is 15.6. The molecule has 0 bridgehead atoms. The monoisotopic (exact) mass is 575 g/mol. The smallest absolute Gasteiger partial charge is 0.270 e. The lowest BCUT2D eigenvalue weighted by molar-refractivity contribution is -0.127. The van der Waals surface area contributed by atoms with Gasteiger partial charge in [-0.1, -0.05) is 23.2 Å². The van der Waals surface area contributed by atoms with E-state index in [2.05, 4.69) is 15.9 Å². The molecule has 34 heavy (non-hydrogen) atoms. The zero-order valence-corrected chi connectivity index (χ0v) is 22.5. The van der Waals surface area contributed by atoms with Gasteiger partial charge in [0.2, 0.25) is 0 Å². The van der Waals surface area contributed by atoms with E-state index in [0.717, 1.165) is 27.1 Å². The van der Waals surface area contributed by atoms with Gasteiger partial charge in [-0.3, -0.25) is 19.4 Å². The third-order valence-electron chi connectivity index (χ3n) is 5.66. The molecule has 1 saturated heterocycles. The first kappa shape index (κ1) is 24.7. The Bertz CT molecular complexity index is 1370. The van der Waals surface area contributed by atoms with Gasteiger partial charge < -0.3 is 4.57 Å². The lowest BCUT2D eigenvalue weighted by Crippen LogP contribution is -2.56. The molecule has 1 aliphatic heterocycles. The molecule has 174 valence electrons. The molecule has 0 saturated carbocycles. The second-order valence-corrected chi connectivity index (χ2v) is 9.83.